The van der Waals surface area contributed by atoms with Crippen molar-refractivity contribution >= 4 is 44.0 Å². The molecule has 326 valence electrons. The Morgan fingerprint density at radius 3 is 2.02 bits per heavy atom. The summed E-state index contributed by atoms with van der Waals surface area (Å²) < 4.78 is 42.5. The number of benzene rings is 1. The molecule has 3 rings (SSSR count). The minimum absolute atomic E-state index is 0.0225. The number of rotatable bonds is 21. The summed E-state index contributed by atoms with van der Waals surface area (Å²) >= 11 is 0. The third-order valence-electron chi connectivity index (χ3n) is 7.33. The Morgan fingerprint density at radius 2 is 1.55 bits per heavy atom. The summed E-state index contributed by atoms with van der Waals surface area (Å²) in [4.78, 5) is 51.1. The second-order valence-corrected chi connectivity index (χ2v) is 12.2. The highest BCUT2D eigenvalue weighted by molar-refractivity contribution is 6.52. The van der Waals surface area contributed by atoms with E-state index in [4.69, 9.17) is 49.4 Å². The second kappa shape index (κ2) is 29.5. The fourth-order valence-electron chi connectivity index (χ4n) is 4.99. The number of hydrogen-bond acceptors (Lipinski definition) is 18. The van der Waals surface area contributed by atoms with Crippen LogP contribution in [-0.2, 0) is 38.0 Å². The summed E-state index contributed by atoms with van der Waals surface area (Å²) in [5.74, 6) is -0.274. The number of non-ortho nitro benzene ring substituents is 1. The maximum Gasteiger partial charge on any atom is 0.514 e. The molecule has 2 heterocycles. The zero-order valence-corrected chi connectivity index (χ0v) is 34.0. The molecule has 0 unspecified atom stereocenters. The zero-order chi connectivity index (χ0) is 43.5. The summed E-state index contributed by atoms with van der Waals surface area (Å²) in [6, 6.07) is 2.80. The molecule has 5 atom stereocenters. The summed E-state index contributed by atoms with van der Waals surface area (Å²) in [5.41, 5.74) is 10.4. The van der Waals surface area contributed by atoms with Crippen molar-refractivity contribution in [3.8, 4) is 5.75 Å². The van der Waals surface area contributed by atoms with E-state index in [1.54, 1.807) is 13.0 Å². The van der Waals surface area contributed by atoms with Crippen LogP contribution in [0.25, 0.3) is 0 Å². The van der Waals surface area contributed by atoms with Gasteiger partial charge in [0.1, 0.15) is 12.4 Å². The molecule has 0 bridgehead atoms. The predicted octanol–water partition coefficient (Wildman–Crippen LogP) is 0.706. The zero-order valence-electron chi connectivity index (χ0n) is 34.0. The number of guanidine groups is 1. The molecular weight excluding hydrogens is 768 g/mol. The number of nitro groups is 1. The van der Waals surface area contributed by atoms with Crippen LogP contribution in [0.4, 0.5) is 15.3 Å². The minimum atomic E-state index is -1.40. The highest BCUT2D eigenvalue weighted by Crippen LogP contribution is 2.28. The van der Waals surface area contributed by atoms with Crippen LogP contribution in [0.2, 0.25) is 13.6 Å². The number of allylic oxidation sites excluding steroid dienone is 1. The smallest absolute Gasteiger partial charge is 0.489 e. The van der Waals surface area contributed by atoms with Crippen molar-refractivity contribution in [1.82, 2.24) is 15.9 Å². The first-order chi connectivity index (χ1) is 27.7. The molecule has 0 aliphatic carbocycles. The minimum Gasteiger partial charge on any atom is -0.489 e. The lowest BCUT2D eigenvalue weighted by molar-refractivity contribution is -0.384. The van der Waals surface area contributed by atoms with Gasteiger partial charge in [0.2, 0.25) is 5.91 Å². The molecule has 1 aromatic rings. The highest BCUT2D eigenvalue weighted by Gasteiger charge is 2.49. The molecule has 58 heavy (non-hydrogen) atoms. The number of carbonyl (C=O) groups excluding carboxylic acids is 3. The number of nitro benzene ring substituents is 1. The van der Waals surface area contributed by atoms with Gasteiger partial charge in [-0.3, -0.25) is 19.8 Å². The highest BCUT2D eigenvalue weighted by atomic mass is 16.8. The van der Waals surface area contributed by atoms with Gasteiger partial charge in [-0.1, -0.05) is 13.8 Å². The standard InChI is InChI=1S/C22H29B2N5O12.C10H24N2O3.C2H6/c1-11-9-15(26-20(27-23(3)33)28-24(4)34)17(25-12(2)30)19(38-11)18(16-10-37-21(31)40-16)41-22(32)39-14-7-5-13(6-8-14)29(35)36;11-3-1-5-13-7-9-15-10-8-14-6-2-4-12;1-2/h5-9,15-19,33-34H,10H2,1-4H3,(H,25,30)(H2,26,27,28);1-12H2;1-2H3/t15-,16+,17+,18+,19+;;/m0../s1. The van der Waals surface area contributed by atoms with E-state index in [2.05, 4.69) is 20.8 Å². The first-order valence-corrected chi connectivity index (χ1v) is 18.9. The lowest BCUT2D eigenvalue weighted by Gasteiger charge is -2.41. The van der Waals surface area contributed by atoms with Gasteiger partial charge in [0, 0.05) is 32.3 Å². The van der Waals surface area contributed by atoms with E-state index in [1.165, 1.54) is 32.7 Å². The lowest BCUT2D eigenvalue weighted by atomic mass is 9.87. The van der Waals surface area contributed by atoms with Gasteiger partial charge in [-0.25, -0.2) is 9.59 Å². The molecule has 1 amide bonds. The largest absolute Gasteiger partial charge is 0.514 e. The molecule has 24 heteroatoms. The number of ether oxygens (including phenoxy) is 8. The normalized spacial score (nSPS) is 18.8. The Bertz CT molecular complexity index is 1420. The molecule has 22 nitrogen and oxygen atoms in total. The molecule has 0 spiro atoms. The van der Waals surface area contributed by atoms with Gasteiger partial charge >= 0.3 is 26.4 Å². The van der Waals surface area contributed by atoms with Crippen molar-refractivity contribution < 1.29 is 67.2 Å². The molecule has 1 aromatic carbocycles. The maximum absolute atomic E-state index is 12.8. The number of carbonyl (C=O) groups is 3. The van der Waals surface area contributed by atoms with Crippen LogP contribution in [0.15, 0.2) is 41.0 Å². The fraction of sp³-hybridized carbons (Fsp3) is 0.647. The molecule has 0 saturated carbocycles. The number of cyclic esters (lactones) is 2. The van der Waals surface area contributed by atoms with Gasteiger partial charge in [0.15, 0.2) is 24.3 Å². The van der Waals surface area contributed by atoms with E-state index in [9.17, 15) is 34.5 Å². The van der Waals surface area contributed by atoms with E-state index >= 15 is 0 Å². The van der Waals surface area contributed by atoms with Crippen LogP contribution in [0.1, 0.15) is 40.5 Å². The summed E-state index contributed by atoms with van der Waals surface area (Å²) in [5, 5.41) is 38.8. The van der Waals surface area contributed by atoms with Crippen molar-refractivity contribution in [2.75, 3.05) is 59.3 Å². The quantitative estimate of drug-likeness (QED) is 0.0131. The van der Waals surface area contributed by atoms with Crippen LogP contribution in [0.3, 0.4) is 0 Å². The van der Waals surface area contributed by atoms with Crippen LogP contribution >= 0.6 is 0 Å². The number of nitrogens with two attached hydrogens (primary N) is 2. The Labute approximate surface area is 339 Å². The monoisotopic (exact) mass is 827 g/mol. The van der Waals surface area contributed by atoms with Crippen molar-refractivity contribution in [1.29, 1.82) is 0 Å². The molecule has 1 fully saturated rings. The first kappa shape index (κ1) is 51.3. The van der Waals surface area contributed by atoms with E-state index in [-0.39, 0.29) is 24.0 Å². The molecule has 2 aliphatic heterocycles. The van der Waals surface area contributed by atoms with Gasteiger partial charge in [-0.2, -0.15) is 0 Å². The number of amides is 1. The van der Waals surface area contributed by atoms with Crippen molar-refractivity contribution in [3.63, 3.8) is 0 Å². The van der Waals surface area contributed by atoms with Gasteiger partial charge in [-0.15, -0.1) is 0 Å². The predicted molar refractivity (Wildman–Crippen MR) is 213 cm³/mol. The van der Waals surface area contributed by atoms with E-state index in [1.807, 2.05) is 13.8 Å². The fourth-order valence-corrected chi connectivity index (χ4v) is 4.99. The Kier molecular flexibility index (Phi) is 26.1. The van der Waals surface area contributed by atoms with Crippen molar-refractivity contribution in [2.45, 2.75) is 84.6 Å². The first-order valence-electron chi connectivity index (χ1n) is 18.9. The number of hydrogen-bond donors (Lipinski definition) is 7. The van der Waals surface area contributed by atoms with Gasteiger partial charge in [-0.05, 0) is 64.7 Å². The third kappa shape index (κ3) is 21.2. The SMILES string of the molecule is CB(O)N=C(NB(C)O)N[C@H]1C=C(C)O[C@@H]([C@H](OC(=O)Oc2ccc([N+](=O)[O-])cc2)[C@H]2COC(=O)O2)[C@@H]1NC(C)=O.CC.NCCCOCCOCCOCCCN. The number of nitrogens with one attached hydrogen (secondary N) is 3. The van der Waals surface area contributed by atoms with Crippen molar-refractivity contribution in [3.05, 3.63) is 46.2 Å². The van der Waals surface area contributed by atoms with Crippen LogP contribution < -0.4 is 32.1 Å². The lowest BCUT2D eigenvalue weighted by Crippen LogP contribution is -2.65. The average molecular weight is 828 g/mol. The van der Waals surface area contributed by atoms with E-state index in [0.29, 0.717) is 58.5 Å². The summed E-state index contributed by atoms with van der Waals surface area (Å²) in [6.45, 7) is 14.6. The van der Waals surface area contributed by atoms with E-state index in [0.717, 1.165) is 25.0 Å². The average Bonchev–Trinajstić information content (AvgIpc) is 3.60. The Morgan fingerprint density at radius 1 is 0.983 bits per heavy atom. The second-order valence-electron chi connectivity index (χ2n) is 12.2. The number of nitrogens with zero attached hydrogens (tertiary/aromatic N) is 2. The van der Waals surface area contributed by atoms with Gasteiger partial charge in [0.25, 0.3) is 5.69 Å². The third-order valence-corrected chi connectivity index (χ3v) is 7.33. The van der Waals surface area contributed by atoms with Crippen LogP contribution in [-0.4, -0.2) is 143 Å². The summed E-state index contributed by atoms with van der Waals surface area (Å²) in [6.07, 6.45) is -2.68. The van der Waals surface area contributed by atoms with Gasteiger partial charge in [0.05, 0.1) is 49.2 Å². The topological polar surface area (TPSA) is 309 Å². The maximum atomic E-state index is 12.8. The molecule has 1 saturated heterocycles. The van der Waals surface area contributed by atoms with Crippen LogP contribution in [0.5, 0.6) is 5.75 Å². The molecular formula is C34H59B2N7O15. The van der Waals surface area contributed by atoms with Crippen LogP contribution in [0, 0.1) is 10.1 Å². The Balaban J connectivity index is 0.000000833. The molecule has 0 aromatic heterocycles. The Hall–Kier alpha value is -4.71. The molecule has 9 N–H and O–H groups in total. The molecule has 2 aliphatic rings. The van der Waals surface area contributed by atoms with Crippen molar-refractivity contribution in [2.24, 2.45) is 16.4 Å². The summed E-state index contributed by atoms with van der Waals surface area (Å²) in [7, 11) is -2.23. The molecule has 0 radical (unpaired) electrons. The van der Waals surface area contributed by atoms with Gasteiger partial charge < -0.3 is 75.3 Å². The van der Waals surface area contributed by atoms with E-state index < -0.39 is 67.6 Å².